The smallest absolute Gasteiger partial charge is 0.237 e. The molecule has 3 nitrogen and oxygen atoms in total. The van der Waals surface area contributed by atoms with Crippen LogP contribution in [0, 0.1) is 12.3 Å². The third kappa shape index (κ3) is 4.11. The number of piperidine rings is 1. The predicted octanol–water partition coefficient (Wildman–Crippen LogP) is 1.83. The molecule has 0 saturated carbocycles. The minimum atomic E-state index is -0.0458. The topological polar surface area (TPSA) is 32.3 Å². The van der Waals surface area contributed by atoms with Crippen molar-refractivity contribution in [2.24, 2.45) is 0 Å². The number of rotatable bonds is 5. The summed E-state index contributed by atoms with van der Waals surface area (Å²) in [5, 5.41) is 3.04. The van der Waals surface area contributed by atoms with E-state index in [0.29, 0.717) is 13.1 Å². The summed E-state index contributed by atoms with van der Waals surface area (Å²) in [5.74, 6) is 2.77. The molecule has 0 aliphatic carbocycles. The minimum absolute atomic E-state index is 0.0458. The summed E-state index contributed by atoms with van der Waals surface area (Å²) in [4.78, 5) is 14.4. The maximum atomic E-state index is 12.3. The minimum Gasteiger partial charge on any atom is -0.354 e. The van der Waals surface area contributed by atoms with Gasteiger partial charge in [-0.15, -0.1) is 6.42 Å². The van der Waals surface area contributed by atoms with E-state index in [1.807, 2.05) is 18.2 Å². The van der Waals surface area contributed by atoms with Crippen molar-refractivity contribution < 1.29 is 4.79 Å². The summed E-state index contributed by atoms with van der Waals surface area (Å²) < 4.78 is 0. The molecule has 1 aliphatic heterocycles. The number of nitrogens with zero attached hydrogens (tertiary/aromatic N) is 1. The molecule has 2 rings (SSSR count). The van der Waals surface area contributed by atoms with Gasteiger partial charge in [-0.25, -0.2) is 0 Å². The van der Waals surface area contributed by atoms with E-state index in [4.69, 9.17) is 6.42 Å². The Morgan fingerprint density at radius 1 is 1.35 bits per heavy atom. The van der Waals surface area contributed by atoms with Crippen molar-refractivity contribution in [3.8, 4) is 12.3 Å². The Morgan fingerprint density at radius 2 is 2.15 bits per heavy atom. The normalized spacial score (nSPS) is 19.2. The number of carbonyl (C=O) groups excluding carboxylic acids is 1. The van der Waals surface area contributed by atoms with Crippen molar-refractivity contribution >= 4 is 5.91 Å². The van der Waals surface area contributed by atoms with Crippen LogP contribution in [0.3, 0.4) is 0 Å². The summed E-state index contributed by atoms with van der Waals surface area (Å²) >= 11 is 0. The van der Waals surface area contributed by atoms with Crippen molar-refractivity contribution in [2.45, 2.75) is 31.7 Å². The monoisotopic (exact) mass is 270 g/mol. The van der Waals surface area contributed by atoms with Crippen LogP contribution in [0.15, 0.2) is 30.3 Å². The lowest BCUT2D eigenvalue weighted by Crippen LogP contribution is -2.49. The van der Waals surface area contributed by atoms with E-state index in [9.17, 15) is 4.79 Å². The van der Waals surface area contributed by atoms with Gasteiger partial charge in [-0.3, -0.25) is 9.69 Å². The van der Waals surface area contributed by atoms with E-state index in [-0.39, 0.29) is 11.9 Å². The number of hydrogen-bond donors (Lipinski definition) is 1. The summed E-state index contributed by atoms with van der Waals surface area (Å²) in [6.07, 6.45) is 9.40. The van der Waals surface area contributed by atoms with Gasteiger partial charge in [-0.1, -0.05) is 42.7 Å². The van der Waals surface area contributed by atoms with E-state index in [0.717, 1.165) is 32.2 Å². The molecule has 0 spiro atoms. The molecule has 1 N–H and O–H groups in total. The number of terminal acetylenes is 1. The van der Waals surface area contributed by atoms with Gasteiger partial charge < -0.3 is 5.32 Å². The molecule has 1 fully saturated rings. The van der Waals surface area contributed by atoms with E-state index in [1.165, 1.54) is 5.56 Å². The summed E-state index contributed by atoms with van der Waals surface area (Å²) in [7, 11) is 0. The van der Waals surface area contributed by atoms with Gasteiger partial charge >= 0.3 is 0 Å². The Bertz CT molecular complexity index is 464. The van der Waals surface area contributed by atoms with Gasteiger partial charge in [0.2, 0.25) is 5.91 Å². The van der Waals surface area contributed by atoms with Crippen molar-refractivity contribution in [1.82, 2.24) is 10.2 Å². The molecule has 1 atom stereocenters. The molecule has 3 heteroatoms. The fraction of sp³-hybridized carbons (Fsp3) is 0.471. The Morgan fingerprint density at radius 3 is 2.90 bits per heavy atom. The molecular weight excluding hydrogens is 248 g/mol. The lowest BCUT2D eigenvalue weighted by molar-refractivity contribution is -0.127. The molecule has 1 heterocycles. The largest absolute Gasteiger partial charge is 0.354 e. The van der Waals surface area contributed by atoms with Crippen molar-refractivity contribution in [3.63, 3.8) is 0 Å². The first-order valence-electron chi connectivity index (χ1n) is 7.30. The predicted molar refractivity (Wildman–Crippen MR) is 81.2 cm³/mol. The molecule has 1 aliphatic rings. The third-order valence-electron chi connectivity index (χ3n) is 3.77. The summed E-state index contributed by atoms with van der Waals surface area (Å²) in [6.45, 7) is 2.18. The van der Waals surface area contributed by atoms with Crippen LogP contribution in [0.4, 0.5) is 0 Å². The van der Waals surface area contributed by atoms with Gasteiger partial charge in [0.25, 0.3) is 0 Å². The van der Waals surface area contributed by atoms with Crippen LogP contribution >= 0.6 is 0 Å². The van der Waals surface area contributed by atoms with E-state index < -0.39 is 0 Å². The Labute approximate surface area is 121 Å². The second kappa shape index (κ2) is 7.72. The van der Waals surface area contributed by atoms with Crippen LogP contribution in [0.5, 0.6) is 0 Å². The van der Waals surface area contributed by atoms with Crippen LogP contribution in [-0.2, 0) is 11.2 Å². The molecule has 0 aromatic heterocycles. The van der Waals surface area contributed by atoms with Gasteiger partial charge in [-0.05, 0) is 31.4 Å². The second-order valence-corrected chi connectivity index (χ2v) is 5.21. The van der Waals surface area contributed by atoms with Gasteiger partial charge in [-0.2, -0.15) is 0 Å². The molecule has 1 saturated heterocycles. The second-order valence-electron chi connectivity index (χ2n) is 5.21. The van der Waals surface area contributed by atoms with Gasteiger partial charge in [0, 0.05) is 6.54 Å². The van der Waals surface area contributed by atoms with Gasteiger partial charge in [0.15, 0.2) is 0 Å². The highest BCUT2D eigenvalue weighted by atomic mass is 16.2. The SMILES string of the molecule is C#CCN1CCCC[C@H]1C(=O)NCCc1ccccc1. The maximum Gasteiger partial charge on any atom is 0.237 e. The van der Waals surface area contributed by atoms with Crippen LogP contribution in [-0.4, -0.2) is 36.5 Å². The molecule has 0 radical (unpaired) electrons. The fourth-order valence-electron chi connectivity index (χ4n) is 2.69. The highest BCUT2D eigenvalue weighted by Gasteiger charge is 2.27. The van der Waals surface area contributed by atoms with Crippen molar-refractivity contribution in [1.29, 1.82) is 0 Å². The Balaban J connectivity index is 1.80. The third-order valence-corrected chi connectivity index (χ3v) is 3.77. The molecule has 0 bridgehead atoms. The number of hydrogen-bond acceptors (Lipinski definition) is 2. The molecule has 1 aromatic carbocycles. The van der Waals surface area contributed by atoms with Crippen molar-refractivity contribution in [3.05, 3.63) is 35.9 Å². The van der Waals surface area contributed by atoms with Crippen LogP contribution in [0.25, 0.3) is 0 Å². The van der Waals surface area contributed by atoms with E-state index in [2.05, 4.69) is 28.3 Å². The lowest BCUT2D eigenvalue weighted by Gasteiger charge is -2.33. The zero-order valence-corrected chi connectivity index (χ0v) is 11.8. The first-order valence-corrected chi connectivity index (χ1v) is 7.30. The number of nitrogens with one attached hydrogen (secondary N) is 1. The van der Waals surface area contributed by atoms with Crippen LogP contribution in [0.2, 0.25) is 0 Å². The first kappa shape index (κ1) is 14.6. The first-order chi connectivity index (χ1) is 9.81. The zero-order chi connectivity index (χ0) is 14.2. The highest BCUT2D eigenvalue weighted by molar-refractivity contribution is 5.81. The molecule has 106 valence electrons. The standard InChI is InChI=1S/C17H22N2O/c1-2-13-19-14-7-6-10-16(19)17(20)18-12-11-15-8-4-3-5-9-15/h1,3-5,8-9,16H,6-7,10-14H2,(H,18,20)/t16-/m0/s1. The lowest BCUT2D eigenvalue weighted by atomic mass is 10.0. The van der Waals surface area contributed by atoms with Crippen molar-refractivity contribution in [2.75, 3.05) is 19.6 Å². The van der Waals surface area contributed by atoms with Gasteiger partial charge in [0.05, 0.1) is 12.6 Å². The Kier molecular flexibility index (Phi) is 5.64. The van der Waals surface area contributed by atoms with Crippen LogP contribution in [0.1, 0.15) is 24.8 Å². The molecule has 20 heavy (non-hydrogen) atoms. The quantitative estimate of drug-likeness (QED) is 0.828. The molecule has 1 aromatic rings. The molecular formula is C17H22N2O. The zero-order valence-electron chi connectivity index (χ0n) is 11.8. The van der Waals surface area contributed by atoms with E-state index in [1.54, 1.807) is 0 Å². The number of amides is 1. The number of carbonyl (C=O) groups is 1. The Hall–Kier alpha value is -1.79. The average Bonchev–Trinajstić information content (AvgIpc) is 2.49. The average molecular weight is 270 g/mol. The van der Waals surface area contributed by atoms with Gasteiger partial charge in [0.1, 0.15) is 0 Å². The molecule has 0 unspecified atom stereocenters. The molecule has 1 amide bonds. The highest BCUT2D eigenvalue weighted by Crippen LogP contribution is 2.16. The fourth-order valence-corrected chi connectivity index (χ4v) is 2.69. The number of benzene rings is 1. The van der Waals surface area contributed by atoms with E-state index >= 15 is 0 Å². The maximum absolute atomic E-state index is 12.3. The summed E-state index contributed by atoms with van der Waals surface area (Å²) in [6, 6.07) is 10.2. The van der Waals surface area contributed by atoms with Crippen LogP contribution < -0.4 is 5.32 Å². The number of likely N-dealkylation sites (tertiary alicyclic amines) is 1. The summed E-state index contributed by atoms with van der Waals surface area (Å²) in [5.41, 5.74) is 1.25.